The van der Waals surface area contributed by atoms with Gasteiger partial charge in [0.15, 0.2) is 0 Å². The first kappa shape index (κ1) is 30.5. The zero-order valence-electron chi connectivity index (χ0n) is 22.8. The maximum atomic E-state index is 13.1. The minimum atomic E-state index is -1.02. The van der Waals surface area contributed by atoms with Crippen LogP contribution < -0.4 is 10.6 Å². The zero-order chi connectivity index (χ0) is 29.9. The summed E-state index contributed by atoms with van der Waals surface area (Å²) in [5.74, 6) is -3.87. The molecule has 1 saturated heterocycles. The van der Waals surface area contributed by atoms with E-state index in [2.05, 4.69) is 10.6 Å². The van der Waals surface area contributed by atoms with Crippen molar-refractivity contribution in [2.45, 2.75) is 18.9 Å². The summed E-state index contributed by atoms with van der Waals surface area (Å²) >= 11 is 0. The Morgan fingerprint density at radius 1 is 0.810 bits per heavy atom. The SMILES string of the molecule is O=C1CCC(N2C(=O)c3cccc(NCCOCCOCCOCCOC(=O)C(=O)c4ccccc4)c3C2=O)C(=O)N1. The molecular weight excluding hydrogens is 550 g/mol. The van der Waals surface area contributed by atoms with E-state index in [4.69, 9.17) is 18.9 Å². The Bertz CT molecular complexity index is 1330. The summed E-state index contributed by atoms with van der Waals surface area (Å²) in [6.07, 6.45) is 0.145. The van der Waals surface area contributed by atoms with Gasteiger partial charge in [0.25, 0.3) is 17.6 Å². The smallest absolute Gasteiger partial charge is 0.379 e. The second-order valence-corrected chi connectivity index (χ2v) is 9.27. The lowest BCUT2D eigenvalue weighted by molar-refractivity contribution is -0.140. The van der Waals surface area contributed by atoms with Crippen LogP contribution in [-0.4, -0.2) is 99.1 Å². The number of carbonyl (C=O) groups is 6. The molecule has 1 unspecified atom stereocenters. The van der Waals surface area contributed by atoms with Crippen LogP contribution in [0.5, 0.6) is 0 Å². The van der Waals surface area contributed by atoms with Crippen molar-refractivity contribution in [2.75, 3.05) is 58.1 Å². The summed E-state index contributed by atoms with van der Waals surface area (Å²) in [6.45, 7) is 1.93. The van der Waals surface area contributed by atoms with Gasteiger partial charge in [-0.3, -0.25) is 34.2 Å². The number of esters is 1. The highest BCUT2D eigenvalue weighted by Crippen LogP contribution is 2.32. The molecule has 13 nitrogen and oxygen atoms in total. The number of piperidine rings is 1. The molecule has 1 atom stereocenters. The van der Waals surface area contributed by atoms with Crippen LogP contribution in [0, 0.1) is 0 Å². The van der Waals surface area contributed by atoms with Gasteiger partial charge in [-0.15, -0.1) is 0 Å². The molecule has 2 heterocycles. The number of hydrogen-bond acceptors (Lipinski definition) is 11. The third-order valence-corrected chi connectivity index (χ3v) is 6.46. The molecule has 0 saturated carbocycles. The highest BCUT2D eigenvalue weighted by atomic mass is 16.6. The molecule has 0 radical (unpaired) electrons. The van der Waals surface area contributed by atoms with Crippen LogP contribution in [0.25, 0.3) is 0 Å². The topological polar surface area (TPSA) is 167 Å². The second kappa shape index (κ2) is 15.0. The predicted octanol–water partition coefficient (Wildman–Crippen LogP) is 0.976. The van der Waals surface area contributed by atoms with E-state index in [-0.39, 0.29) is 49.4 Å². The summed E-state index contributed by atoms with van der Waals surface area (Å²) in [6, 6.07) is 12.0. The molecule has 0 aromatic heterocycles. The van der Waals surface area contributed by atoms with Gasteiger partial charge in [0.05, 0.1) is 50.8 Å². The molecule has 4 rings (SSSR count). The quantitative estimate of drug-likeness (QED) is 0.0954. The first-order valence-corrected chi connectivity index (χ1v) is 13.5. The Morgan fingerprint density at radius 3 is 2.17 bits per heavy atom. The summed E-state index contributed by atoms with van der Waals surface area (Å²) in [7, 11) is 0. The number of hydrogen-bond donors (Lipinski definition) is 2. The summed E-state index contributed by atoms with van der Waals surface area (Å²) in [5, 5.41) is 5.27. The third-order valence-electron chi connectivity index (χ3n) is 6.46. The van der Waals surface area contributed by atoms with E-state index in [1.807, 2.05) is 0 Å². The molecule has 4 amide bonds. The van der Waals surface area contributed by atoms with E-state index in [9.17, 15) is 28.8 Å². The molecule has 42 heavy (non-hydrogen) atoms. The van der Waals surface area contributed by atoms with Crippen molar-refractivity contribution in [1.29, 1.82) is 0 Å². The predicted molar refractivity (Wildman–Crippen MR) is 146 cm³/mol. The molecule has 2 N–H and O–H groups in total. The maximum absolute atomic E-state index is 13.1. The third kappa shape index (κ3) is 7.63. The summed E-state index contributed by atoms with van der Waals surface area (Å²) in [5.41, 5.74) is 1.11. The number of benzene rings is 2. The first-order chi connectivity index (χ1) is 20.4. The van der Waals surface area contributed by atoms with Gasteiger partial charge in [-0.25, -0.2) is 4.79 Å². The molecule has 2 aliphatic rings. The fourth-order valence-electron chi connectivity index (χ4n) is 4.43. The lowest BCUT2D eigenvalue weighted by atomic mass is 10.0. The maximum Gasteiger partial charge on any atom is 0.379 e. The average molecular weight is 582 g/mol. The van der Waals surface area contributed by atoms with Crippen LogP contribution in [0.15, 0.2) is 48.5 Å². The van der Waals surface area contributed by atoms with E-state index >= 15 is 0 Å². The van der Waals surface area contributed by atoms with Gasteiger partial charge in [0.2, 0.25) is 11.8 Å². The van der Waals surface area contributed by atoms with Crippen molar-refractivity contribution >= 4 is 41.1 Å². The Labute approximate surface area is 241 Å². The number of ether oxygens (including phenoxy) is 4. The zero-order valence-corrected chi connectivity index (χ0v) is 22.8. The molecule has 0 spiro atoms. The van der Waals surface area contributed by atoms with Crippen molar-refractivity contribution in [1.82, 2.24) is 10.2 Å². The fraction of sp³-hybridized carbons (Fsp3) is 0.379. The van der Waals surface area contributed by atoms with Crippen LogP contribution in [0.3, 0.4) is 0 Å². The summed E-state index contributed by atoms with van der Waals surface area (Å²) in [4.78, 5) is 74.3. The van der Waals surface area contributed by atoms with E-state index < -0.39 is 41.4 Å². The standard InChI is InChI=1S/C29H31N3O10/c33-23-10-9-22(26(35)31-23)32-27(36)20-7-4-8-21(24(20)28(32)37)30-11-12-39-13-14-40-15-16-41-17-18-42-29(38)25(34)19-5-2-1-3-6-19/h1-8,22,30H,9-18H2,(H,31,33,35). The normalized spacial score (nSPS) is 16.3. The number of nitrogens with zero attached hydrogens (tertiary/aromatic N) is 1. The molecule has 0 bridgehead atoms. The van der Waals surface area contributed by atoms with E-state index in [0.717, 1.165) is 4.90 Å². The van der Waals surface area contributed by atoms with Gasteiger partial charge in [-0.1, -0.05) is 36.4 Å². The minimum absolute atomic E-state index is 0.0488. The van der Waals surface area contributed by atoms with Crippen molar-refractivity contribution in [3.8, 4) is 0 Å². The van der Waals surface area contributed by atoms with Crippen LogP contribution in [0.4, 0.5) is 5.69 Å². The number of ketones is 1. The van der Waals surface area contributed by atoms with Gasteiger partial charge in [0, 0.05) is 24.2 Å². The van der Waals surface area contributed by atoms with E-state index in [0.29, 0.717) is 38.7 Å². The van der Waals surface area contributed by atoms with Crippen LogP contribution in [-0.2, 0) is 33.3 Å². The molecule has 2 aromatic rings. The number of fused-ring (bicyclic) bond motifs is 1. The largest absolute Gasteiger partial charge is 0.457 e. The number of anilines is 1. The molecule has 1 fully saturated rings. The molecule has 13 heteroatoms. The molecule has 2 aliphatic heterocycles. The molecule has 0 aliphatic carbocycles. The lowest BCUT2D eigenvalue weighted by Crippen LogP contribution is -2.54. The number of carbonyl (C=O) groups excluding carboxylic acids is 6. The number of Topliss-reactive ketones (excluding diaryl/α,β-unsaturated/α-hetero) is 1. The summed E-state index contributed by atoms with van der Waals surface area (Å²) < 4.78 is 21.2. The van der Waals surface area contributed by atoms with Gasteiger partial charge in [0.1, 0.15) is 12.6 Å². The number of imide groups is 2. The highest BCUT2D eigenvalue weighted by Gasteiger charge is 2.45. The van der Waals surface area contributed by atoms with Gasteiger partial charge in [-0.05, 0) is 18.6 Å². The van der Waals surface area contributed by atoms with Crippen LogP contribution >= 0.6 is 0 Å². The van der Waals surface area contributed by atoms with Gasteiger partial charge in [-0.2, -0.15) is 0 Å². The Kier molecular flexibility index (Phi) is 10.9. The molecule has 222 valence electrons. The lowest BCUT2D eigenvalue weighted by Gasteiger charge is -2.27. The highest BCUT2D eigenvalue weighted by molar-refractivity contribution is 6.40. The van der Waals surface area contributed by atoms with Crippen molar-refractivity contribution in [3.05, 3.63) is 65.2 Å². The Balaban J connectivity index is 1.06. The van der Waals surface area contributed by atoms with Crippen molar-refractivity contribution in [2.24, 2.45) is 0 Å². The average Bonchev–Trinajstić information content (AvgIpc) is 3.25. The first-order valence-electron chi connectivity index (χ1n) is 13.5. The number of nitrogens with one attached hydrogen (secondary N) is 2. The van der Waals surface area contributed by atoms with E-state index in [1.54, 1.807) is 30.3 Å². The number of amides is 4. The van der Waals surface area contributed by atoms with Crippen LogP contribution in [0.2, 0.25) is 0 Å². The molecular formula is C29H31N3O10. The second-order valence-electron chi connectivity index (χ2n) is 9.27. The fourth-order valence-corrected chi connectivity index (χ4v) is 4.43. The van der Waals surface area contributed by atoms with Crippen LogP contribution in [0.1, 0.15) is 43.9 Å². The monoisotopic (exact) mass is 581 g/mol. The minimum Gasteiger partial charge on any atom is -0.457 e. The Morgan fingerprint density at radius 2 is 1.48 bits per heavy atom. The van der Waals surface area contributed by atoms with Gasteiger partial charge >= 0.3 is 5.97 Å². The Hall–Kier alpha value is -4.46. The molecule has 2 aromatic carbocycles. The van der Waals surface area contributed by atoms with Crippen molar-refractivity contribution < 1.29 is 47.7 Å². The van der Waals surface area contributed by atoms with E-state index in [1.165, 1.54) is 18.2 Å². The number of rotatable bonds is 16. The van der Waals surface area contributed by atoms with Gasteiger partial charge < -0.3 is 24.3 Å². The van der Waals surface area contributed by atoms with Crippen molar-refractivity contribution in [3.63, 3.8) is 0 Å².